The number of aromatic nitrogens is 2. The monoisotopic (exact) mass is 388 g/mol. The minimum Gasteiger partial charge on any atom is -0.335 e. The van der Waals surface area contributed by atoms with Crippen LogP contribution in [-0.2, 0) is 11.3 Å². The molecule has 146 valence electrons. The highest BCUT2D eigenvalue weighted by atomic mass is 19.1. The van der Waals surface area contributed by atoms with Gasteiger partial charge < -0.3 is 4.90 Å². The lowest BCUT2D eigenvalue weighted by molar-refractivity contribution is -0.139. The van der Waals surface area contributed by atoms with Crippen molar-refractivity contribution in [2.75, 3.05) is 6.54 Å². The number of fused-ring (bicyclic) bond motifs is 1. The zero-order valence-electron chi connectivity index (χ0n) is 16.0. The largest absolute Gasteiger partial charge is 0.335 e. The van der Waals surface area contributed by atoms with Gasteiger partial charge in [-0.3, -0.25) is 9.48 Å². The second-order valence-electron chi connectivity index (χ2n) is 7.35. The van der Waals surface area contributed by atoms with E-state index in [4.69, 9.17) is 5.26 Å². The SMILES string of the molecule is C=C(CCC(=O)N1CCC1c1ccccc1F)Cn1ncc2cc(C#N)ccc21. The van der Waals surface area contributed by atoms with Gasteiger partial charge in [0, 0.05) is 23.9 Å². The van der Waals surface area contributed by atoms with Gasteiger partial charge in [0.15, 0.2) is 0 Å². The second-order valence-corrected chi connectivity index (χ2v) is 7.35. The zero-order valence-corrected chi connectivity index (χ0v) is 16.0. The molecule has 0 aliphatic carbocycles. The number of allylic oxidation sites excluding steroid dienone is 1. The minimum atomic E-state index is -0.260. The van der Waals surface area contributed by atoms with Gasteiger partial charge in [0.05, 0.1) is 35.9 Å². The molecule has 1 amide bonds. The van der Waals surface area contributed by atoms with Crippen molar-refractivity contribution in [3.63, 3.8) is 0 Å². The van der Waals surface area contributed by atoms with Crippen LogP contribution in [0.25, 0.3) is 10.9 Å². The van der Waals surface area contributed by atoms with Crippen LogP contribution in [0.4, 0.5) is 4.39 Å². The van der Waals surface area contributed by atoms with E-state index in [0.29, 0.717) is 37.1 Å². The second kappa shape index (κ2) is 7.88. The third kappa shape index (κ3) is 3.77. The van der Waals surface area contributed by atoms with Gasteiger partial charge in [0.25, 0.3) is 0 Å². The summed E-state index contributed by atoms with van der Waals surface area (Å²) in [5.74, 6) is -0.237. The highest BCUT2D eigenvalue weighted by molar-refractivity contribution is 5.80. The summed E-state index contributed by atoms with van der Waals surface area (Å²) in [4.78, 5) is 14.4. The number of halogens is 1. The van der Waals surface area contributed by atoms with Crippen molar-refractivity contribution in [1.82, 2.24) is 14.7 Å². The maximum atomic E-state index is 14.0. The molecule has 4 rings (SSSR count). The molecular weight excluding hydrogens is 367 g/mol. The molecule has 1 saturated heterocycles. The maximum Gasteiger partial charge on any atom is 0.223 e. The summed E-state index contributed by atoms with van der Waals surface area (Å²) in [7, 11) is 0. The van der Waals surface area contributed by atoms with E-state index in [1.807, 2.05) is 10.7 Å². The molecule has 1 unspecified atom stereocenters. The molecular formula is C23H21FN4O. The Kier molecular flexibility index (Phi) is 5.13. The molecule has 3 aromatic rings. The fraction of sp³-hybridized carbons (Fsp3) is 0.261. The highest BCUT2D eigenvalue weighted by Gasteiger charge is 2.34. The van der Waals surface area contributed by atoms with Crippen LogP contribution in [0.5, 0.6) is 0 Å². The molecule has 2 heterocycles. The smallest absolute Gasteiger partial charge is 0.223 e. The molecule has 6 heteroatoms. The number of likely N-dealkylation sites (tertiary alicyclic amines) is 1. The Morgan fingerprint density at radius 1 is 1.28 bits per heavy atom. The van der Waals surface area contributed by atoms with Crippen LogP contribution in [0.3, 0.4) is 0 Å². The average molecular weight is 388 g/mol. The van der Waals surface area contributed by atoms with E-state index in [9.17, 15) is 9.18 Å². The van der Waals surface area contributed by atoms with Gasteiger partial charge in [-0.1, -0.05) is 30.4 Å². The highest BCUT2D eigenvalue weighted by Crippen LogP contribution is 2.35. The van der Waals surface area contributed by atoms with Gasteiger partial charge >= 0.3 is 0 Å². The first-order chi connectivity index (χ1) is 14.1. The van der Waals surface area contributed by atoms with Gasteiger partial charge in [-0.05, 0) is 37.1 Å². The molecule has 0 radical (unpaired) electrons. The van der Waals surface area contributed by atoms with Crippen molar-refractivity contribution in [2.24, 2.45) is 0 Å². The Labute approximate surface area is 168 Å². The fourth-order valence-corrected chi connectivity index (χ4v) is 3.76. The first kappa shape index (κ1) is 18.9. The van der Waals surface area contributed by atoms with Crippen molar-refractivity contribution in [3.05, 3.63) is 77.8 Å². The van der Waals surface area contributed by atoms with Crippen LogP contribution in [0.15, 0.2) is 60.8 Å². The van der Waals surface area contributed by atoms with Crippen LogP contribution >= 0.6 is 0 Å². The summed E-state index contributed by atoms with van der Waals surface area (Å²) < 4.78 is 15.8. The van der Waals surface area contributed by atoms with Gasteiger partial charge in [-0.25, -0.2) is 4.39 Å². The maximum absolute atomic E-state index is 14.0. The predicted molar refractivity (Wildman–Crippen MR) is 108 cm³/mol. The Morgan fingerprint density at radius 2 is 2.10 bits per heavy atom. The molecule has 29 heavy (non-hydrogen) atoms. The van der Waals surface area contributed by atoms with E-state index >= 15 is 0 Å². The number of amides is 1. The number of nitriles is 1. The van der Waals surface area contributed by atoms with E-state index < -0.39 is 0 Å². The molecule has 5 nitrogen and oxygen atoms in total. The number of nitrogens with zero attached hydrogens (tertiary/aromatic N) is 4. The van der Waals surface area contributed by atoms with Crippen molar-refractivity contribution in [1.29, 1.82) is 5.26 Å². The Hall–Kier alpha value is -3.46. The molecule has 0 bridgehead atoms. The lowest BCUT2D eigenvalue weighted by Crippen LogP contribution is -2.45. The van der Waals surface area contributed by atoms with Gasteiger partial charge in [0.1, 0.15) is 5.82 Å². The zero-order chi connectivity index (χ0) is 20.4. The van der Waals surface area contributed by atoms with Gasteiger partial charge in [0.2, 0.25) is 5.91 Å². The van der Waals surface area contributed by atoms with Crippen LogP contribution in [-0.4, -0.2) is 27.1 Å². The average Bonchev–Trinajstić information content (AvgIpc) is 3.09. The summed E-state index contributed by atoms with van der Waals surface area (Å²) in [6.45, 7) is 5.27. The van der Waals surface area contributed by atoms with E-state index in [0.717, 1.165) is 22.9 Å². The molecule has 1 aliphatic rings. The quantitative estimate of drug-likeness (QED) is 0.590. The molecule has 1 fully saturated rings. The van der Waals surface area contributed by atoms with Crippen LogP contribution in [0.1, 0.15) is 36.4 Å². The first-order valence-corrected chi connectivity index (χ1v) is 9.63. The number of hydrogen-bond donors (Lipinski definition) is 0. The van der Waals surface area contributed by atoms with Crippen LogP contribution in [0, 0.1) is 17.1 Å². The number of carbonyl (C=O) groups excluding carboxylic acids is 1. The molecule has 0 spiro atoms. The normalized spacial score (nSPS) is 15.7. The Bertz CT molecular complexity index is 1130. The predicted octanol–water partition coefficient (Wildman–Crippen LogP) is 4.36. The summed E-state index contributed by atoms with van der Waals surface area (Å²) in [6.07, 6.45) is 3.42. The summed E-state index contributed by atoms with van der Waals surface area (Å²) >= 11 is 0. The minimum absolute atomic E-state index is 0.0228. The van der Waals surface area contributed by atoms with E-state index in [1.54, 1.807) is 41.4 Å². The van der Waals surface area contributed by atoms with Crippen LogP contribution in [0.2, 0.25) is 0 Å². The number of hydrogen-bond acceptors (Lipinski definition) is 3. The van der Waals surface area contributed by atoms with Crippen LogP contribution < -0.4 is 0 Å². The number of benzene rings is 2. The summed E-state index contributed by atoms with van der Waals surface area (Å²) in [5.41, 5.74) is 3.01. The first-order valence-electron chi connectivity index (χ1n) is 9.63. The molecule has 0 N–H and O–H groups in total. The van der Waals surface area contributed by atoms with Gasteiger partial charge in [-0.15, -0.1) is 0 Å². The van der Waals surface area contributed by atoms with Crippen molar-refractivity contribution in [3.8, 4) is 6.07 Å². The summed E-state index contributed by atoms with van der Waals surface area (Å²) in [6, 6.07) is 14.0. The Balaban J connectivity index is 1.35. The van der Waals surface area contributed by atoms with E-state index in [-0.39, 0.29) is 17.8 Å². The third-order valence-corrected chi connectivity index (χ3v) is 5.44. The number of rotatable bonds is 6. The lowest BCUT2D eigenvalue weighted by Gasteiger charge is -2.41. The van der Waals surface area contributed by atoms with Crippen molar-refractivity contribution >= 4 is 16.8 Å². The van der Waals surface area contributed by atoms with Crippen molar-refractivity contribution < 1.29 is 9.18 Å². The Morgan fingerprint density at radius 3 is 2.83 bits per heavy atom. The van der Waals surface area contributed by atoms with E-state index in [2.05, 4.69) is 17.7 Å². The van der Waals surface area contributed by atoms with E-state index in [1.165, 1.54) is 6.07 Å². The molecule has 2 aromatic carbocycles. The standard InChI is InChI=1S/C23H21FN4O/c1-16(15-28-21-8-7-17(13-25)12-18(21)14-26-28)6-9-23(29)27-11-10-22(27)19-4-2-3-5-20(19)24/h2-5,7-8,12,14,22H,1,6,9-11,15H2. The molecule has 0 saturated carbocycles. The fourth-order valence-electron chi connectivity index (χ4n) is 3.76. The summed E-state index contributed by atoms with van der Waals surface area (Å²) in [5, 5.41) is 14.3. The molecule has 1 aromatic heterocycles. The lowest BCUT2D eigenvalue weighted by atomic mass is 9.93. The molecule has 1 aliphatic heterocycles. The van der Waals surface area contributed by atoms with Gasteiger partial charge in [-0.2, -0.15) is 10.4 Å². The van der Waals surface area contributed by atoms with Crippen molar-refractivity contribution in [2.45, 2.75) is 31.8 Å². The third-order valence-electron chi connectivity index (χ3n) is 5.44. The number of carbonyl (C=O) groups is 1. The topological polar surface area (TPSA) is 61.9 Å². The molecule has 1 atom stereocenters.